The number of imidazole rings is 1. The molecule has 4 aliphatic rings. The number of benzene rings is 2. The summed E-state index contributed by atoms with van der Waals surface area (Å²) in [6.07, 6.45) is 2.42. The Kier molecular flexibility index (Phi) is 4.70. The molecule has 2 N–H and O–H groups in total. The van der Waals surface area contributed by atoms with Crippen LogP contribution in [0.4, 0.5) is 4.79 Å². The first-order chi connectivity index (χ1) is 18.9. The summed E-state index contributed by atoms with van der Waals surface area (Å²) in [6.45, 7) is 1.65. The number of carbonyl (C=O) groups is 2. The zero-order chi connectivity index (χ0) is 26.6. The third-order valence-electron chi connectivity index (χ3n) is 9.65. The van der Waals surface area contributed by atoms with Gasteiger partial charge in [-0.15, -0.1) is 0 Å². The van der Waals surface area contributed by atoms with Gasteiger partial charge in [0.1, 0.15) is 17.4 Å². The van der Waals surface area contributed by atoms with Gasteiger partial charge in [-0.2, -0.15) is 0 Å². The van der Waals surface area contributed by atoms with Gasteiger partial charge in [-0.1, -0.05) is 18.2 Å². The number of fused-ring (bicyclic) bond motifs is 2. The molecular weight excluding hydrogens is 494 g/mol. The van der Waals surface area contributed by atoms with Gasteiger partial charge in [0.15, 0.2) is 5.82 Å². The number of methoxy groups -OCH3 is 1. The second kappa shape index (κ2) is 8.00. The Labute approximate surface area is 225 Å². The summed E-state index contributed by atoms with van der Waals surface area (Å²) in [6, 6.07) is 14.3. The van der Waals surface area contributed by atoms with Gasteiger partial charge in [0.05, 0.1) is 24.4 Å². The molecule has 0 spiro atoms. The predicted molar refractivity (Wildman–Crippen MR) is 145 cm³/mol. The van der Waals surface area contributed by atoms with Crippen molar-refractivity contribution in [2.75, 3.05) is 13.7 Å². The van der Waals surface area contributed by atoms with E-state index in [1.165, 1.54) is 23.7 Å². The molecule has 3 aliphatic carbocycles. The molecule has 2 amide bonds. The summed E-state index contributed by atoms with van der Waals surface area (Å²) >= 11 is 0. The summed E-state index contributed by atoms with van der Waals surface area (Å²) in [5.41, 5.74) is 9.72. The number of nitrogens with zero attached hydrogens (tertiary/aromatic N) is 4. The van der Waals surface area contributed by atoms with Gasteiger partial charge < -0.3 is 29.2 Å². The lowest BCUT2D eigenvalue weighted by atomic mass is 9.51. The van der Waals surface area contributed by atoms with E-state index < -0.39 is 6.09 Å². The normalized spacial score (nSPS) is 26.8. The summed E-state index contributed by atoms with van der Waals surface area (Å²) in [5, 5.41) is 1.19. The first-order valence-corrected chi connectivity index (χ1v) is 13.8. The van der Waals surface area contributed by atoms with Crippen LogP contribution in [-0.4, -0.2) is 56.8 Å². The molecule has 1 unspecified atom stereocenters. The maximum Gasteiger partial charge on any atom is 0.404 e. The molecule has 9 heteroatoms. The molecular formula is C30H31N5O4. The van der Waals surface area contributed by atoms with Gasteiger partial charge >= 0.3 is 6.09 Å². The van der Waals surface area contributed by atoms with Crippen LogP contribution in [0.1, 0.15) is 29.6 Å². The van der Waals surface area contributed by atoms with E-state index in [1.807, 2.05) is 24.1 Å². The molecule has 1 saturated heterocycles. The number of ether oxygens (including phenoxy) is 2. The lowest BCUT2D eigenvalue weighted by Gasteiger charge is -2.57. The molecule has 4 fully saturated rings. The van der Waals surface area contributed by atoms with Gasteiger partial charge in [-0.05, 0) is 61.3 Å². The van der Waals surface area contributed by atoms with Gasteiger partial charge in [-0.25, -0.2) is 9.78 Å². The Morgan fingerprint density at radius 1 is 1.15 bits per heavy atom. The topological polar surface area (TPSA) is 105 Å². The van der Waals surface area contributed by atoms with Crippen molar-refractivity contribution in [3.63, 3.8) is 0 Å². The second-order valence-electron chi connectivity index (χ2n) is 11.8. The molecule has 1 aliphatic heterocycles. The number of aryl methyl sites for hydroxylation is 1. The Morgan fingerprint density at radius 2 is 1.97 bits per heavy atom. The maximum atomic E-state index is 13.9. The third kappa shape index (κ3) is 3.22. The molecule has 39 heavy (non-hydrogen) atoms. The summed E-state index contributed by atoms with van der Waals surface area (Å²) in [7, 11) is 3.63. The van der Waals surface area contributed by atoms with Crippen molar-refractivity contribution in [2.24, 2.45) is 36.5 Å². The van der Waals surface area contributed by atoms with Gasteiger partial charge in [0, 0.05) is 42.5 Å². The summed E-state index contributed by atoms with van der Waals surface area (Å²) in [4.78, 5) is 32.3. The van der Waals surface area contributed by atoms with Crippen LogP contribution in [0.25, 0.3) is 33.5 Å². The minimum absolute atomic E-state index is 0.0822. The first kappa shape index (κ1) is 22.9. The monoisotopic (exact) mass is 525 g/mol. The van der Waals surface area contributed by atoms with Gasteiger partial charge in [0.25, 0.3) is 5.91 Å². The molecule has 200 valence electrons. The van der Waals surface area contributed by atoms with Crippen molar-refractivity contribution in [3.05, 3.63) is 48.0 Å². The predicted octanol–water partition coefficient (Wildman–Crippen LogP) is 4.17. The van der Waals surface area contributed by atoms with Crippen molar-refractivity contribution in [1.82, 2.24) is 19.0 Å². The molecule has 3 heterocycles. The Bertz CT molecular complexity index is 1680. The highest BCUT2D eigenvalue weighted by atomic mass is 16.6. The minimum Gasteiger partial charge on any atom is -0.494 e. The van der Waals surface area contributed by atoms with Crippen LogP contribution in [0, 0.1) is 23.7 Å². The standard InChI is InChI=1S/C30H31N5O4/c1-33-25-20(32-28(33)22-11-16-5-3-4-6-21(16)34(22)13-15-7-8-15)10-17(12-23(25)38-2)29(36)35-14-18-9-19-24(18)26(35)27(19)39-30(31)37/h3-6,10-12,15,18-19,24,26-27H,7-9,13-14H2,1-2H3,(H2,31,37)/t18-,19?,24+,26+,27+/m1/s1. The smallest absolute Gasteiger partial charge is 0.404 e. The number of para-hydroxylation sites is 1. The van der Waals surface area contributed by atoms with E-state index in [4.69, 9.17) is 20.2 Å². The number of amides is 2. The number of hydrogen-bond acceptors (Lipinski definition) is 5. The molecule has 8 rings (SSSR count). The van der Waals surface area contributed by atoms with Gasteiger partial charge in [-0.3, -0.25) is 4.79 Å². The molecule has 0 bridgehead atoms. The molecule has 5 atom stereocenters. The van der Waals surface area contributed by atoms with Crippen LogP contribution in [0.2, 0.25) is 0 Å². The quantitative estimate of drug-likeness (QED) is 0.407. The van der Waals surface area contributed by atoms with E-state index in [0.29, 0.717) is 41.5 Å². The lowest BCUT2D eigenvalue weighted by molar-refractivity contribution is -0.144. The van der Waals surface area contributed by atoms with Crippen LogP contribution in [0.3, 0.4) is 0 Å². The Morgan fingerprint density at radius 3 is 2.74 bits per heavy atom. The molecule has 2 aromatic heterocycles. The fourth-order valence-electron chi connectivity index (χ4n) is 7.63. The highest BCUT2D eigenvalue weighted by Gasteiger charge is 2.69. The summed E-state index contributed by atoms with van der Waals surface area (Å²) in [5.74, 6) is 3.28. The van der Waals surface area contributed by atoms with E-state index in [-0.39, 0.29) is 18.1 Å². The highest BCUT2D eigenvalue weighted by Crippen LogP contribution is 2.62. The second-order valence-corrected chi connectivity index (χ2v) is 11.8. The van der Waals surface area contributed by atoms with Crippen LogP contribution in [0.15, 0.2) is 42.5 Å². The molecule has 3 saturated carbocycles. The number of carbonyl (C=O) groups excluding carboxylic acids is 2. The Hall–Kier alpha value is -4.01. The average molecular weight is 526 g/mol. The highest BCUT2D eigenvalue weighted by molar-refractivity contribution is 6.00. The number of nitrogens with two attached hydrogens (primary N) is 1. The SMILES string of the molecule is COc1cc(C(=O)N2C[C@H]3CC4[C@H]3[C@H]2[C@H]4OC(N)=O)cc2nc(-c3cc4ccccc4n3CC3CC3)n(C)c12. The van der Waals surface area contributed by atoms with Crippen molar-refractivity contribution in [1.29, 1.82) is 0 Å². The number of aromatic nitrogens is 3. The number of primary amides is 1. The fourth-order valence-corrected chi connectivity index (χ4v) is 7.63. The van der Waals surface area contributed by atoms with Crippen LogP contribution in [0.5, 0.6) is 5.75 Å². The van der Waals surface area contributed by atoms with Crippen molar-refractivity contribution in [2.45, 2.75) is 38.0 Å². The fraction of sp³-hybridized carbons (Fsp3) is 0.433. The largest absolute Gasteiger partial charge is 0.494 e. The number of rotatable bonds is 6. The van der Waals surface area contributed by atoms with Crippen LogP contribution >= 0.6 is 0 Å². The van der Waals surface area contributed by atoms with E-state index in [2.05, 4.69) is 39.5 Å². The molecule has 2 aromatic carbocycles. The first-order valence-electron chi connectivity index (χ1n) is 13.8. The lowest BCUT2D eigenvalue weighted by Crippen LogP contribution is -2.66. The summed E-state index contributed by atoms with van der Waals surface area (Å²) < 4.78 is 15.7. The van der Waals surface area contributed by atoms with E-state index in [1.54, 1.807) is 7.11 Å². The van der Waals surface area contributed by atoms with Gasteiger partial charge in [0.2, 0.25) is 0 Å². The molecule has 4 aromatic rings. The van der Waals surface area contributed by atoms with E-state index >= 15 is 0 Å². The van der Waals surface area contributed by atoms with Crippen molar-refractivity contribution < 1.29 is 19.1 Å². The number of hydrogen-bond donors (Lipinski definition) is 1. The van der Waals surface area contributed by atoms with Crippen molar-refractivity contribution >= 4 is 33.9 Å². The van der Waals surface area contributed by atoms with Crippen LogP contribution in [-0.2, 0) is 18.3 Å². The third-order valence-corrected chi connectivity index (χ3v) is 9.65. The molecule has 9 nitrogen and oxygen atoms in total. The van der Waals surface area contributed by atoms with Crippen molar-refractivity contribution in [3.8, 4) is 17.3 Å². The Balaban J connectivity index is 1.20. The average Bonchev–Trinajstić information content (AvgIpc) is 3.55. The maximum absolute atomic E-state index is 13.9. The van der Waals surface area contributed by atoms with Crippen LogP contribution < -0.4 is 10.5 Å². The van der Waals surface area contributed by atoms with E-state index in [9.17, 15) is 9.59 Å². The van der Waals surface area contributed by atoms with E-state index in [0.717, 1.165) is 35.5 Å². The zero-order valence-corrected chi connectivity index (χ0v) is 22.0. The number of likely N-dealkylation sites (tertiary alicyclic amines) is 1. The zero-order valence-electron chi connectivity index (χ0n) is 22.0. The minimum atomic E-state index is -0.774. The molecule has 0 radical (unpaired) electrons.